The number of benzene rings is 1. The number of guanidine groups is 1. The maximum absolute atomic E-state index is 12.0. The van der Waals surface area contributed by atoms with Gasteiger partial charge >= 0.3 is 6.18 Å². The number of nitrogens with one attached hydrogen (secondary N) is 1. The third kappa shape index (κ3) is 5.50. The van der Waals surface area contributed by atoms with Gasteiger partial charge in [-0.25, -0.2) is 0 Å². The summed E-state index contributed by atoms with van der Waals surface area (Å²) in [6.07, 6.45) is -4.33. The van der Waals surface area contributed by atoms with Crippen LogP contribution in [-0.2, 0) is 0 Å². The van der Waals surface area contributed by atoms with Crippen LogP contribution in [0.25, 0.3) is 0 Å². The minimum absolute atomic E-state index is 0.0969. The Labute approximate surface area is 109 Å². The quantitative estimate of drug-likeness (QED) is 0.654. The normalized spacial score (nSPS) is 14.1. The van der Waals surface area contributed by atoms with Crippen LogP contribution >= 0.6 is 0 Å². The van der Waals surface area contributed by atoms with E-state index in [0.29, 0.717) is 5.96 Å². The summed E-state index contributed by atoms with van der Waals surface area (Å²) in [4.78, 5) is 3.76. The van der Waals surface area contributed by atoms with Crippen LogP contribution in [0.2, 0.25) is 0 Å². The summed E-state index contributed by atoms with van der Waals surface area (Å²) in [7, 11) is 1.56. The Morgan fingerprint density at radius 2 is 1.95 bits per heavy atom. The highest BCUT2D eigenvalue weighted by Crippen LogP contribution is 2.20. The Morgan fingerprint density at radius 1 is 1.37 bits per heavy atom. The number of halogens is 3. The van der Waals surface area contributed by atoms with Crippen molar-refractivity contribution in [2.45, 2.75) is 19.1 Å². The van der Waals surface area contributed by atoms with Gasteiger partial charge in [0.1, 0.15) is 5.75 Å². The van der Waals surface area contributed by atoms with Gasteiger partial charge in [0.2, 0.25) is 0 Å². The van der Waals surface area contributed by atoms with E-state index < -0.39 is 12.8 Å². The predicted molar refractivity (Wildman–Crippen MR) is 67.1 cm³/mol. The molecule has 0 radical (unpaired) electrons. The van der Waals surface area contributed by atoms with Gasteiger partial charge in [-0.05, 0) is 24.6 Å². The molecule has 0 unspecified atom stereocenters. The molecular formula is C12H16F3N3O. The van der Waals surface area contributed by atoms with Crippen molar-refractivity contribution in [1.29, 1.82) is 0 Å². The molecule has 7 heteroatoms. The lowest BCUT2D eigenvalue weighted by molar-refractivity contribution is -0.153. The number of aliphatic imine (C=N–C) groups is 1. The van der Waals surface area contributed by atoms with Crippen LogP contribution in [-0.4, -0.2) is 25.8 Å². The predicted octanol–water partition coefficient (Wildman–Crippen LogP) is 2.22. The molecule has 1 atom stereocenters. The van der Waals surface area contributed by atoms with E-state index >= 15 is 0 Å². The van der Waals surface area contributed by atoms with Gasteiger partial charge in [-0.15, -0.1) is 0 Å². The fourth-order valence-electron chi connectivity index (χ4n) is 1.39. The van der Waals surface area contributed by atoms with Gasteiger partial charge in [0.05, 0.1) is 6.04 Å². The van der Waals surface area contributed by atoms with E-state index in [1.165, 1.54) is 12.1 Å². The molecule has 1 aromatic carbocycles. The first-order chi connectivity index (χ1) is 8.81. The molecule has 0 aliphatic carbocycles. The molecule has 19 heavy (non-hydrogen) atoms. The van der Waals surface area contributed by atoms with E-state index in [9.17, 15) is 13.2 Å². The highest BCUT2D eigenvalue weighted by molar-refractivity contribution is 5.78. The van der Waals surface area contributed by atoms with Crippen molar-refractivity contribution in [2.24, 2.45) is 10.7 Å². The van der Waals surface area contributed by atoms with Crippen molar-refractivity contribution in [1.82, 2.24) is 5.32 Å². The number of alkyl halides is 3. The van der Waals surface area contributed by atoms with Crippen LogP contribution in [0.4, 0.5) is 13.2 Å². The fourth-order valence-corrected chi connectivity index (χ4v) is 1.39. The van der Waals surface area contributed by atoms with Crippen molar-refractivity contribution in [2.75, 3.05) is 13.7 Å². The number of nitrogens with zero attached hydrogens (tertiary/aromatic N) is 1. The minimum atomic E-state index is -4.33. The van der Waals surface area contributed by atoms with E-state index in [1.54, 1.807) is 19.2 Å². The highest BCUT2D eigenvalue weighted by atomic mass is 19.4. The summed E-state index contributed by atoms with van der Waals surface area (Å²) in [6, 6.07) is 6.22. The van der Waals surface area contributed by atoms with E-state index in [2.05, 4.69) is 15.0 Å². The molecule has 3 N–H and O–H groups in total. The molecule has 0 amide bonds. The third-order valence-electron chi connectivity index (χ3n) is 2.39. The lowest BCUT2D eigenvalue weighted by Crippen LogP contribution is -2.33. The number of ether oxygens (including phenoxy) is 1. The standard InChI is InChI=1S/C12H16F3N3O/c1-8(18-11(16)17-2)9-3-5-10(6-4-9)19-7-12(13,14)15/h3-6,8H,7H2,1-2H3,(H3,16,17,18)/t8-/m1/s1. The van der Waals surface area contributed by atoms with Gasteiger partial charge < -0.3 is 15.8 Å². The van der Waals surface area contributed by atoms with Crippen molar-refractivity contribution >= 4 is 5.96 Å². The number of hydrogen-bond acceptors (Lipinski definition) is 2. The molecule has 1 aromatic rings. The Morgan fingerprint density at radius 3 is 2.42 bits per heavy atom. The summed E-state index contributed by atoms with van der Waals surface area (Å²) < 4.78 is 40.5. The van der Waals surface area contributed by atoms with Crippen LogP contribution in [0.15, 0.2) is 29.3 Å². The maximum Gasteiger partial charge on any atom is 0.422 e. The number of nitrogens with two attached hydrogens (primary N) is 1. The first-order valence-electron chi connectivity index (χ1n) is 5.60. The summed E-state index contributed by atoms with van der Waals surface area (Å²) in [5.74, 6) is 0.468. The second-order valence-electron chi connectivity index (χ2n) is 3.95. The van der Waals surface area contributed by atoms with Crippen LogP contribution in [0, 0.1) is 0 Å². The van der Waals surface area contributed by atoms with Crippen LogP contribution < -0.4 is 15.8 Å². The molecule has 0 aromatic heterocycles. The Hall–Kier alpha value is -1.92. The molecule has 4 nitrogen and oxygen atoms in total. The summed E-state index contributed by atoms with van der Waals surface area (Å²) >= 11 is 0. The highest BCUT2D eigenvalue weighted by Gasteiger charge is 2.28. The molecule has 0 spiro atoms. The molecule has 0 heterocycles. The second kappa shape index (κ2) is 6.31. The smallest absolute Gasteiger partial charge is 0.422 e. The molecule has 0 bridgehead atoms. The number of rotatable bonds is 4. The Balaban J connectivity index is 2.61. The maximum atomic E-state index is 12.0. The van der Waals surface area contributed by atoms with Crippen molar-refractivity contribution < 1.29 is 17.9 Å². The second-order valence-corrected chi connectivity index (χ2v) is 3.95. The van der Waals surface area contributed by atoms with E-state index in [4.69, 9.17) is 5.73 Å². The topological polar surface area (TPSA) is 59.6 Å². The molecule has 0 aliphatic heterocycles. The molecule has 0 aliphatic rings. The first kappa shape index (κ1) is 15.1. The van der Waals surface area contributed by atoms with Crippen molar-refractivity contribution in [3.8, 4) is 5.75 Å². The third-order valence-corrected chi connectivity index (χ3v) is 2.39. The number of hydrogen-bond donors (Lipinski definition) is 2. The zero-order chi connectivity index (χ0) is 14.5. The Bertz CT molecular complexity index is 429. The molecule has 0 saturated carbocycles. The van der Waals surface area contributed by atoms with Crippen LogP contribution in [0.3, 0.4) is 0 Å². The minimum Gasteiger partial charge on any atom is -0.484 e. The fraction of sp³-hybridized carbons (Fsp3) is 0.417. The average Bonchev–Trinajstić information content (AvgIpc) is 2.36. The molecule has 0 fully saturated rings. The monoisotopic (exact) mass is 275 g/mol. The van der Waals surface area contributed by atoms with Gasteiger partial charge in [-0.2, -0.15) is 13.2 Å². The lowest BCUT2D eigenvalue weighted by Gasteiger charge is -2.15. The zero-order valence-electron chi connectivity index (χ0n) is 10.7. The van der Waals surface area contributed by atoms with Crippen molar-refractivity contribution in [3.63, 3.8) is 0 Å². The lowest BCUT2D eigenvalue weighted by atomic mass is 10.1. The SMILES string of the molecule is CN=C(N)N[C@H](C)c1ccc(OCC(F)(F)F)cc1. The van der Waals surface area contributed by atoms with Gasteiger partial charge in [0, 0.05) is 7.05 Å². The van der Waals surface area contributed by atoms with Crippen LogP contribution in [0.5, 0.6) is 5.75 Å². The van der Waals surface area contributed by atoms with E-state index in [0.717, 1.165) is 5.56 Å². The molecule has 106 valence electrons. The van der Waals surface area contributed by atoms with Gasteiger partial charge in [-0.1, -0.05) is 12.1 Å². The first-order valence-corrected chi connectivity index (χ1v) is 5.60. The largest absolute Gasteiger partial charge is 0.484 e. The molecular weight excluding hydrogens is 259 g/mol. The van der Waals surface area contributed by atoms with Gasteiger partial charge in [-0.3, -0.25) is 4.99 Å². The van der Waals surface area contributed by atoms with Gasteiger partial charge in [0.25, 0.3) is 0 Å². The molecule has 1 rings (SSSR count). The average molecular weight is 275 g/mol. The summed E-state index contributed by atoms with van der Waals surface area (Å²) in [5, 5.41) is 2.93. The zero-order valence-corrected chi connectivity index (χ0v) is 10.7. The van der Waals surface area contributed by atoms with Gasteiger partial charge in [0.15, 0.2) is 12.6 Å². The van der Waals surface area contributed by atoms with Crippen molar-refractivity contribution in [3.05, 3.63) is 29.8 Å². The summed E-state index contributed by atoms with van der Waals surface area (Å²) in [5.41, 5.74) is 6.39. The van der Waals surface area contributed by atoms with E-state index in [-0.39, 0.29) is 11.8 Å². The van der Waals surface area contributed by atoms with Crippen LogP contribution in [0.1, 0.15) is 18.5 Å². The molecule has 0 saturated heterocycles. The Kier molecular flexibility index (Phi) is 5.02. The summed E-state index contributed by atoms with van der Waals surface area (Å²) in [6.45, 7) is 0.569. The van der Waals surface area contributed by atoms with E-state index in [1.807, 2.05) is 6.92 Å².